The van der Waals surface area contributed by atoms with E-state index >= 15 is 0 Å². The van der Waals surface area contributed by atoms with Crippen molar-refractivity contribution in [1.29, 1.82) is 0 Å². The summed E-state index contributed by atoms with van der Waals surface area (Å²) in [6.07, 6.45) is 0.451. The van der Waals surface area contributed by atoms with Crippen LogP contribution in [0.5, 0.6) is 0 Å². The Morgan fingerprint density at radius 1 is 1.54 bits per heavy atom. The Hall–Kier alpha value is -0.620. The maximum atomic E-state index is 11.1. The maximum absolute atomic E-state index is 11.1. The molecule has 13 heavy (non-hydrogen) atoms. The Kier molecular flexibility index (Phi) is 2.63. The molecule has 0 aromatic heterocycles. The molecule has 6 heteroatoms. The highest BCUT2D eigenvalue weighted by Crippen LogP contribution is 2.23. The van der Waals surface area contributed by atoms with Gasteiger partial charge in [0.1, 0.15) is 0 Å². The zero-order valence-corrected chi connectivity index (χ0v) is 8.13. The molecular weight excluding hydrogens is 196 g/mol. The van der Waals surface area contributed by atoms with E-state index in [-0.39, 0.29) is 12.2 Å². The van der Waals surface area contributed by atoms with Crippen LogP contribution in [-0.4, -0.2) is 43.7 Å². The summed E-state index contributed by atoms with van der Waals surface area (Å²) in [6.45, 7) is 0. The molecule has 0 aromatic carbocycles. The van der Waals surface area contributed by atoms with Crippen LogP contribution >= 0.6 is 0 Å². The molecule has 0 saturated carbocycles. The molecule has 76 valence electrons. The lowest BCUT2D eigenvalue weighted by molar-refractivity contribution is -0.160. The summed E-state index contributed by atoms with van der Waals surface area (Å²) in [5, 5.41) is 9.62. The molecule has 1 rings (SSSR count). The van der Waals surface area contributed by atoms with Crippen molar-refractivity contribution in [1.82, 2.24) is 0 Å². The number of methoxy groups -OCH3 is 1. The summed E-state index contributed by atoms with van der Waals surface area (Å²) in [5.74, 6) is -1.35. The van der Waals surface area contributed by atoms with E-state index in [1.807, 2.05) is 0 Å². The SMILES string of the molecule is COC(=O)C1(O)CCCS(=O)(=O)C1. The molecule has 1 atom stereocenters. The number of aliphatic hydroxyl groups is 1. The van der Waals surface area contributed by atoms with Gasteiger partial charge in [0, 0.05) is 0 Å². The smallest absolute Gasteiger partial charge is 0.338 e. The van der Waals surface area contributed by atoms with Crippen LogP contribution in [0.1, 0.15) is 12.8 Å². The van der Waals surface area contributed by atoms with Crippen molar-refractivity contribution in [2.75, 3.05) is 18.6 Å². The van der Waals surface area contributed by atoms with Crippen molar-refractivity contribution >= 4 is 15.8 Å². The molecule has 0 radical (unpaired) electrons. The first-order valence-corrected chi connectivity index (χ1v) is 5.73. The number of hydrogen-bond acceptors (Lipinski definition) is 5. The van der Waals surface area contributed by atoms with Crippen LogP contribution in [0.25, 0.3) is 0 Å². The fourth-order valence-electron chi connectivity index (χ4n) is 1.44. The second-order valence-corrected chi connectivity index (χ2v) is 5.40. The van der Waals surface area contributed by atoms with Crippen molar-refractivity contribution in [3.8, 4) is 0 Å². The highest BCUT2D eigenvalue weighted by molar-refractivity contribution is 7.91. The molecule has 1 aliphatic rings. The zero-order chi connectivity index (χ0) is 10.1. The number of hydrogen-bond donors (Lipinski definition) is 1. The Morgan fingerprint density at radius 2 is 2.15 bits per heavy atom. The Bertz CT molecular complexity index is 307. The van der Waals surface area contributed by atoms with Crippen LogP contribution < -0.4 is 0 Å². The van der Waals surface area contributed by atoms with E-state index in [1.54, 1.807) is 0 Å². The summed E-state index contributed by atoms with van der Waals surface area (Å²) in [7, 11) is -2.17. The average Bonchev–Trinajstić information content (AvgIpc) is 2.00. The second-order valence-electron chi connectivity index (χ2n) is 3.22. The molecule has 0 bridgehead atoms. The van der Waals surface area contributed by atoms with E-state index in [9.17, 15) is 18.3 Å². The fraction of sp³-hybridized carbons (Fsp3) is 0.857. The third kappa shape index (κ3) is 2.19. The number of esters is 1. The monoisotopic (exact) mass is 208 g/mol. The van der Waals surface area contributed by atoms with Gasteiger partial charge in [-0.25, -0.2) is 13.2 Å². The predicted octanol–water partition coefficient (Wildman–Crippen LogP) is -0.901. The molecule has 1 unspecified atom stereocenters. The van der Waals surface area contributed by atoms with Gasteiger partial charge in [0.2, 0.25) is 0 Å². The van der Waals surface area contributed by atoms with Crippen LogP contribution in [0.4, 0.5) is 0 Å². The molecule has 1 N–H and O–H groups in total. The van der Waals surface area contributed by atoms with Gasteiger partial charge in [0.25, 0.3) is 0 Å². The van der Waals surface area contributed by atoms with Crippen LogP contribution in [0.3, 0.4) is 0 Å². The minimum absolute atomic E-state index is 0.0340. The van der Waals surface area contributed by atoms with E-state index in [1.165, 1.54) is 0 Å². The first-order chi connectivity index (χ1) is 5.90. The highest BCUT2D eigenvalue weighted by atomic mass is 32.2. The van der Waals surface area contributed by atoms with Gasteiger partial charge in [-0.2, -0.15) is 0 Å². The number of carbonyl (C=O) groups is 1. The van der Waals surface area contributed by atoms with Crippen LogP contribution in [0.15, 0.2) is 0 Å². The quantitative estimate of drug-likeness (QED) is 0.565. The van der Waals surface area contributed by atoms with Gasteiger partial charge in [-0.1, -0.05) is 0 Å². The minimum Gasteiger partial charge on any atom is -0.467 e. The zero-order valence-electron chi connectivity index (χ0n) is 7.32. The van der Waals surface area contributed by atoms with Crippen molar-refractivity contribution in [3.63, 3.8) is 0 Å². The maximum Gasteiger partial charge on any atom is 0.338 e. The first-order valence-electron chi connectivity index (χ1n) is 3.91. The Labute approximate surface area is 76.6 Å². The molecular formula is C7H12O5S. The summed E-state index contributed by atoms with van der Waals surface area (Å²) >= 11 is 0. The van der Waals surface area contributed by atoms with E-state index in [2.05, 4.69) is 4.74 Å². The molecule has 1 heterocycles. The molecule has 0 amide bonds. The standard InChI is InChI=1S/C7H12O5S/c1-12-6(8)7(9)3-2-4-13(10,11)5-7/h9H,2-5H2,1H3. The van der Waals surface area contributed by atoms with Crippen molar-refractivity contribution < 1.29 is 23.1 Å². The van der Waals surface area contributed by atoms with Gasteiger partial charge < -0.3 is 9.84 Å². The van der Waals surface area contributed by atoms with Gasteiger partial charge >= 0.3 is 5.97 Å². The number of carbonyl (C=O) groups excluding carboxylic acids is 1. The van der Waals surface area contributed by atoms with Crippen molar-refractivity contribution in [2.45, 2.75) is 18.4 Å². The molecule has 1 saturated heterocycles. The summed E-state index contributed by atoms with van der Waals surface area (Å²) in [5.41, 5.74) is -1.83. The fourth-order valence-corrected chi connectivity index (χ4v) is 3.16. The Morgan fingerprint density at radius 3 is 2.62 bits per heavy atom. The van der Waals surface area contributed by atoms with Gasteiger partial charge in [-0.05, 0) is 12.8 Å². The topological polar surface area (TPSA) is 80.7 Å². The molecule has 1 aliphatic heterocycles. The third-order valence-corrected chi connectivity index (χ3v) is 3.90. The third-order valence-electron chi connectivity index (χ3n) is 2.07. The lowest BCUT2D eigenvalue weighted by atomic mass is 10.0. The lowest BCUT2D eigenvalue weighted by Gasteiger charge is -2.28. The summed E-state index contributed by atoms with van der Waals surface area (Å²) < 4.78 is 26.6. The van der Waals surface area contributed by atoms with Crippen molar-refractivity contribution in [3.05, 3.63) is 0 Å². The number of ether oxygens (including phenoxy) is 1. The molecule has 0 aromatic rings. The van der Waals surface area contributed by atoms with E-state index in [4.69, 9.17) is 0 Å². The minimum atomic E-state index is -3.30. The number of rotatable bonds is 1. The summed E-state index contributed by atoms with van der Waals surface area (Å²) in [6, 6.07) is 0. The van der Waals surface area contributed by atoms with E-state index < -0.39 is 27.2 Å². The predicted molar refractivity (Wildman–Crippen MR) is 44.9 cm³/mol. The van der Waals surface area contributed by atoms with Crippen LogP contribution in [-0.2, 0) is 19.4 Å². The lowest BCUT2D eigenvalue weighted by Crippen LogP contribution is -2.49. The van der Waals surface area contributed by atoms with E-state index in [0.717, 1.165) is 7.11 Å². The normalized spacial score (nSPS) is 32.5. The second kappa shape index (κ2) is 3.26. The van der Waals surface area contributed by atoms with Crippen molar-refractivity contribution in [2.24, 2.45) is 0 Å². The van der Waals surface area contributed by atoms with Crippen LogP contribution in [0.2, 0.25) is 0 Å². The van der Waals surface area contributed by atoms with Crippen LogP contribution in [0, 0.1) is 0 Å². The number of sulfone groups is 1. The Balaban J connectivity index is 2.86. The van der Waals surface area contributed by atoms with Gasteiger partial charge in [-0.15, -0.1) is 0 Å². The highest BCUT2D eigenvalue weighted by Gasteiger charge is 2.44. The van der Waals surface area contributed by atoms with E-state index in [0.29, 0.717) is 6.42 Å². The first kappa shape index (κ1) is 10.5. The van der Waals surface area contributed by atoms with Gasteiger partial charge in [0.05, 0.1) is 18.6 Å². The molecule has 5 nitrogen and oxygen atoms in total. The molecule has 1 fully saturated rings. The molecule has 0 spiro atoms. The van der Waals surface area contributed by atoms with Gasteiger partial charge in [-0.3, -0.25) is 0 Å². The van der Waals surface area contributed by atoms with Gasteiger partial charge in [0.15, 0.2) is 15.4 Å². The summed E-state index contributed by atoms with van der Waals surface area (Å²) in [4.78, 5) is 11.0. The molecule has 0 aliphatic carbocycles. The largest absolute Gasteiger partial charge is 0.467 e. The average molecular weight is 208 g/mol.